The van der Waals surface area contributed by atoms with Gasteiger partial charge in [0.1, 0.15) is 0 Å². The largest absolute Gasteiger partial charge is 0.361 e. The van der Waals surface area contributed by atoms with Gasteiger partial charge >= 0.3 is 0 Å². The Hall–Kier alpha value is -1.32. The lowest BCUT2D eigenvalue weighted by Gasteiger charge is -2.18. The van der Waals surface area contributed by atoms with Crippen LogP contribution < -0.4 is 5.32 Å². The van der Waals surface area contributed by atoms with Crippen LogP contribution in [0.5, 0.6) is 0 Å². The van der Waals surface area contributed by atoms with Gasteiger partial charge in [-0.3, -0.25) is 4.90 Å². The fourth-order valence-electron chi connectivity index (χ4n) is 2.73. The van der Waals surface area contributed by atoms with Crippen LogP contribution in [-0.2, 0) is 6.54 Å². The van der Waals surface area contributed by atoms with E-state index in [4.69, 9.17) is 0 Å². The van der Waals surface area contributed by atoms with Crippen LogP contribution in [0.2, 0.25) is 0 Å². The van der Waals surface area contributed by atoms with Crippen LogP contribution in [-0.4, -0.2) is 36.1 Å². The minimum atomic E-state index is 1.06. The van der Waals surface area contributed by atoms with Gasteiger partial charge in [0.15, 0.2) is 0 Å². The van der Waals surface area contributed by atoms with E-state index in [1.807, 2.05) is 0 Å². The molecule has 18 heavy (non-hydrogen) atoms. The molecule has 96 valence electrons. The highest BCUT2D eigenvalue weighted by Crippen LogP contribution is 2.21. The SMILES string of the molecule is Cc1ccc2c(CN3CCCNCC3)c[nH]c2c1. The highest BCUT2D eigenvalue weighted by atomic mass is 15.1. The van der Waals surface area contributed by atoms with E-state index < -0.39 is 0 Å². The predicted octanol–water partition coefficient (Wildman–Crippen LogP) is 2.27. The number of rotatable bonds is 2. The molecule has 3 heteroatoms. The van der Waals surface area contributed by atoms with Crippen molar-refractivity contribution in [1.29, 1.82) is 0 Å². The molecule has 1 saturated heterocycles. The molecule has 1 fully saturated rings. The maximum atomic E-state index is 3.45. The Morgan fingerprint density at radius 2 is 2.17 bits per heavy atom. The lowest BCUT2D eigenvalue weighted by atomic mass is 10.1. The first-order valence-electron chi connectivity index (χ1n) is 6.82. The molecule has 3 nitrogen and oxygen atoms in total. The number of nitrogens with zero attached hydrogens (tertiary/aromatic N) is 1. The first-order chi connectivity index (χ1) is 8.83. The highest BCUT2D eigenvalue weighted by molar-refractivity contribution is 5.83. The number of hydrogen-bond donors (Lipinski definition) is 2. The van der Waals surface area contributed by atoms with Gasteiger partial charge in [0.2, 0.25) is 0 Å². The Morgan fingerprint density at radius 1 is 1.22 bits per heavy atom. The average Bonchev–Trinajstić information content (AvgIpc) is 2.59. The van der Waals surface area contributed by atoms with Gasteiger partial charge in [-0.25, -0.2) is 0 Å². The van der Waals surface area contributed by atoms with E-state index in [0.717, 1.165) is 26.2 Å². The number of nitrogens with one attached hydrogen (secondary N) is 2. The van der Waals surface area contributed by atoms with Crippen LogP contribution in [0.4, 0.5) is 0 Å². The second-order valence-corrected chi connectivity index (χ2v) is 5.24. The van der Waals surface area contributed by atoms with E-state index in [-0.39, 0.29) is 0 Å². The zero-order chi connectivity index (χ0) is 12.4. The number of fused-ring (bicyclic) bond motifs is 1. The van der Waals surface area contributed by atoms with Crippen molar-refractivity contribution in [2.75, 3.05) is 26.2 Å². The van der Waals surface area contributed by atoms with Gasteiger partial charge in [-0.2, -0.15) is 0 Å². The quantitative estimate of drug-likeness (QED) is 0.848. The molecule has 0 amide bonds. The minimum absolute atomic E-state index is 1.06. The summed E-state index contributed by atoms with van der Waals surface area (Å²) in [5.41, 5.74) is 4.00. The highest BCUT2D eigenvalue weighted by Gasteiger charge is 2.11. The minimum Gasteiger partial charge on any atom is -0.361 e. The third kappa shape index (κ3) is 2.42. The summed E-state index contributed by atoms with van der Waals surface area (Å²) in [5, 5.41) is 4.82. The number of benzene rings is 1. The average molecular weight is 243 g/mol. The summed E-state index contributed by atoms with van der Waals surface area (Å²) in [5.74, 6) is 0. The molecule has 2 heterocycles. The monoisotopic (exact) mass is 243 g/mol. The molecule has 0 unspecified atom stereocenters. The van der Waals surface area contributed by atoms with Crippen LogP contribution in [0.3, 0.4) is 0 Å². The smallest absolute Gasteiger partial charge is 0.0459 e. The van der Waals surface area contributed by atoms with Crippen molar-refractivity contribution in [1.82, 2.24) is 15.2 Å². The molecule has 1 aliphatic rings. The van der Waals surface area contributed by atoms with Crippen LogP contribution in [0.15, 0.2) is 24.4 Å². The van der Waals surface area contributed by atoms with Crippen LogP contribution in [0.25, 0.3) is 10.9 Å². The van der Waals surface area contributed by atoms with Crippen molar-refractivity contribution in [3.8, 4) is 0 Å². The third-order valence-corrected chi connectivity index (χ3v) is 3.75. The van der Waals surface area contributed by atoms with Crippen molar-refractivity contribution in [3.63, 3.8) is 0 Å². The molecule has 1 aliphatic heterocycles. The Labute approximate surface area is 108 Å². The van der Waals surface area contributed by atoms with Crippen molar-refractivity contribution >= 4 is 10.9 Å². The second kappa shape index (κ2) is 5.12. The topological polar surface area (TPSA) is 31.1 Å². The molecule has 2 aromatic rings. The molecule has 3 rings (SSSR count). The number of aromatic amines is 1. The normalized spacial score (nSPS) is 18.1. The van der Waals surface area contributed by atoms with Crippen LogP contribution in [0.1, 0.15) is 17.5 Å². The van der Waals surface area contributed by atoms with E-state index in [1.54, 1.807) is 0 Å². The Balaban J connectivity index is 1.81. The first kappa shape index (κ1) is 11.8. The van der Waals surface area contributed by atoms with Gasteiger partial charge in [-0.15, -0.1) is 0 Å². The third-order valence-electron chi connectivity index (χ3n) is 3.75. The van der Waals surface area contributed by atoms with Crippen molar-refractivity contribution in [2.45, 2.75) is 19.9 Å². The van der Waals surface area contributed by atoms with Crippen LogP contribution in [0, 0.1) is 6.92 Å². The van der Waals surface area contributed by atoms with Crippen molar-refractivity contribution in [2.24, 2.45) is 0 Å². The van der Waals surface area contributed by atoms with Gasteiger partial charge in [0.25, 0.3) is 0 Å². The van der Waals surface area contributed by atoms with Gasteiger partial charge in [-0.05, 0) is 43.6 Å². The standard InChI is InChI=1S/C15H21N3/c1-12-3-4-14-13(10-17-15(14)9-12)11-18-7-2-5-16-6-8-18/h3-4,9-10,16-17H,2,5-8,11H2,1H3. The molecule has 0 aliphatic carbocycles. The Bertz CT molecular complexity index is 522. The van der Waals surface area contributed by atoms with Crippen molar-refractivity contribution < 1.29 is 0 Å². The summed E-state index contributed by atoms with van der Waals surface area (Å²) in [7, 11) is 0. The van der Waals surface area contributed by atoms with Crippen molar-refractivity contribution in [3.05, 3.63) is 35.5 Å². The number of aryl methyl sites for hydroxylation is 1. The summed E-state index contributed by atoms with van der Waals surface area (Å²) in [6, 6.07) is 6.67. The molecule has 1 aromatic heterocycles. The van der Waals surface area contributed by atoms with Gasteiger partial charge in [0.05, 0.1) is 0 Å². The molecule has 0 saturated carbocycles. The summed E-state index contributed by atoms with van der Waals surface area (Å²) >= 11 is 0. The lowest BCUT2D eigenvalue weighted by molar-refractivity contribution is 0.285. The summed E-state index contributed by atoms with van der Waals surface area (Å²) in [4.78, 5) is 5.94. The zero-order valence-corrected chi connectivity index (χ0v) is 11.0. The first-order valence-corrected chi connectivity index (χ1v) is 6.82. The summed E-state index contributed by atoms with van der Waals surface area (Å²) in [6.45, 7) is 7.82. The Morgan fingerprint density at radius 3 is 3.11 bits per heavy atom. The molecule has 0 atom stereocenters. The number of H-pyrrole nitrogens is 1. The van der Waals surface area contributed by atoms with E-state index in [9.17, 15) is 0 Å². The maximum absolute atomic E-state index is 3.45. The van der Waals surface area contributed by atoms with Crippen LogP contribution >= 0.6 is 0 Å². The zero-order valence-electron chi connectivity index (χ0n) is 11.0. The molecule has 2 N–H and O–H groups in total. The van der Waals surface area contributed by atoms with E-state index in [1.165, 1.54) is 35.0 Å². The Kier molecular flexibility index (Phi) is 3.35. The van der Waals surface area contributed by atoms with E-state index >= 15 is 0 Å². The fourth-order valence-corrected chi connectivity index (χ4v) is 2.73. The molecular formula is C15H21N3. The summed E-state index contributed by atoms with van der Waals surface area (Å²) in [6.07, 6.45) is 3.42. The molecule has 1 aromatic carbocycles. The summed E-state index contributed by atoms with van der Waals surface area (Å²) < 4.78 is 0. The fraction of sp³-hybridized carbons (Fsp3) is 0.467. The molecule has 0 spiro atoms. The number of aromatic nitrogens is 1. The van der Waals surface area contributed by atoms with Gasteiger partial charge < -0.3 is 10.3 Å². The lowest BCUT2D eigenvalue weighted by Crippen LogP contribution is -2.27. The van der Waals surface area contributed by atoms with E-state index in [2.05, 4.69) is 46.5 Å². The maximum Gasteiger partial charge on any atom is 0.0459 e. The van der Waals surface area contributed by atoms with E-state index in [0.29, 0.717) is 0 Å². The predicted molar refractivity (Wildman–Crippen MR) is 75.8 cm³/mol. The second-order valence-electron chi connectivity index (χ2n) is 5.24. The van der Waals surface area contributed by atoms with Gasteiger partial charge in [-0.1, -0.05) is 12.1 Å². The molecule has 0 radical (unpaired) electrons. The molecule has 0 bridgehead atoms. The molecular weight excluding hydrogens is 222 g/mol. The van der Waals surface area contributed by atoms with Gasteiger partial charge in [0, 0.05) is 36.7 Å². The number of hydrogen-bond acceptors (Lipinski definition) is 2.